The van der Waals surface area contributed by atoms with Crippen molar-refractivity contribution >= 4 is 5.91 Å². The summed E-state index contributed by atoms with van der Waals surface area (Å²) in [6.07, 6.45) is 6.31. The first-order valence-corrected chi connectivity index (χ1v) is 9.40. The summed E-state index contributed by atoms with van der Waals surface area (Å²) in [4.78, 5) is 19.3. The Kier molecular flexibility index (Phi) is 6.34. The molecule has 0 spiro atoms. The van der Waals surface area contributed by atoms with Gasteiger partial charge in [-0.05, 0) is 68.1 Å². The van der Waals surface area contributed by atoms with Crippen molar-refractivity contribution < 1.29 is 9.18 Å². The number of nitrogens with one attached hydrogen (secondary N) is 1. The molecule has 4 nitrogen and oxygen atoms in total. The van der Waals surface area contributed by atoms with E-state index in [1.807, 2.05) is 12.3 Å². The van der Waals surface area contributed by atoms with Crippen molar-refractivity contribution in [3.63, 3.8) is 0 Å². The van der Waals surface area contributed by atoms with E-state index in [0.29, 0.717) is 18.2 Å². The Bertz CT molecular complexity index is 732. The molecule has 138 valence electrons. The first-order valence-electron chi connectivity index (χ1n) is 9.40. The van der Waals surface area contributed by atoms with Gasteiger partial charge in [-0.1, -0.05) is 13.0 Å². The number of rotatable bonds is 7. The molecule has 2 aromatic rings. The Morgan fingerprint density at radius 2 is 2.08 bits per heavy atom. The average molecular weight is 355 g/mol. The molecule has 3 rings (SSSR count). The number of hydrogen-bond acceptors (Lipinski definition) is 3. The van der Waals surface area contributed by atoms with Gasteiger partial charge in [-0.2, -0.15) is 0 Å². The summed E-state index contributed by atoms with van der Waals surface area (Å²) in [5, 5.41) is 2.95. The second-order valence-corrected chi connectivity index (χ2v) is 6.75. The van der Waals surface area contributed by atoms with Crippen LogP contribution >= 0.6 is 0 Å². The molecule has 1 amide bonds. The molecule has 1 aliphatic rings. The minimum atomic E-state index is -0.334. The Hall–Kier alpha value is -2.27. The normalized spacial score (nSPS) is 16.3. The molecular formula is C21H26FN3O. The molecule has 0 saturated heterocycles. The number of aromatic nitrogens is 1. The van der Waals surface area contributed by atoms with Gasteiger partial charge < -0.3 is 5.32 Å². The van der Waals surface area contributed by atoms with Crippen LogP contribution in [0.4, 0.5) is 4.39 Å². The highest BCUT2D eigenvalue weighted by Crippen LogP contribution is 2.32. The second kappa shape index (κ2) is 8.90. The van der Waals surface area contributed by atoms with Gasteiger partial charge in [0, 0.05) is 24.8 Å². The quantitative estimate of drug-likeness (QED) is 0.823. The molecule has 1 aliphatic carbocycles. The molecule has 1 aromatic carbocycles. The SMILES string of the molecule is CCCN(CCNC(=O)c1ccc(F)cc1)C1CCCc2cccnc21. The molecular weight excluding hydrogens is 329 g/mol. The molecule has 5 heteroatoms. The van der Waals surface area contributed by atoms with Gasteiger partial charge >= 0.3 is 0 Å². The van der Waals surface area contributed by atoms with E-state index < -0.39 is 0 Å². The number of pyridine rings is 1. The zero-order valence-electron chi connectivity index (χ0n) is 15.2. The Balaban J connectivity index is 1.61. The van der Waals surface area contributed by atoms with Gasteiger partial charge in [0.05, 0.1) is 11.7 Å². The summed E-state index contributed by atoms with van der Waals surface area (Å²) < 4.78 is 13.0. The van der Waals surface area contributed by atoms with E-state index in [2.05, 4.69) is 28.2 Å². The summed E-state index contributed by atoms with van der Waals surface area (Å²) in [6, 6.07) is 10.1. The number of aryl methyl sites for hydroxylation is 1. The smallest absolute Gasteiger partial charge is 0.251 e. The number of nitrogens with zero attached hydrogens (tertiary/aromatic N) is 2. The van der Waals surface area contributed by atoms with Gasteiger partial charge in [0.25, 0.3) is 5.91 Å². The van der Waals surface area contributed by atoms with Crippen molar-refractivity contribution in [2.45, 2.75) is 38.6 Å². The largest absolute Gasteiger partial charge is 0.351 e. The lowest BCUT2D eigenvalue weighted by Crippen LogP contribution is -2.39. The molecule has 1 unspecified atom stereocenters. The lowest BCUT2D eigenvalue weighted by atomic mass is 9.90. The van der Waals surface area contributed by atoms with Gasteiger partial charge in [0.1, 0.15) is 5.82 Å². The third-order valence-electron chi connectivity index (χ3n) is 4.91. The van der Waals surface area contributed by atoms with E-state index in [0.717, 1.165) is 32.4 Å². The van der Waals surface area contributed by atoms with Crippen LogP contribution < -0.4 is 5.32 Å². The molecule has 1 heterocycles. The van der Waals surface area contributed by atoms with Crippen molar-refractivity contribution in [1.82, 2.24) is 15.2 Å². The molecule has 1 aromatic heterocycles. The number of hydrogen-bond donors (Lipinski definition) is 1. The lowest BCUT2D eigenvalue weighted by molar-refractivity contribution is 0.0941. The van der Waals surface area contributed by atoms with Crippen molar-refractivity contribution in [2.24, 2.45) is 0 Å². The van der Waals surface area contributed by atoms with E-state index in [4.69, 9.17) is 0 Å². The predicted octanol–water partition coefficient (Wildman–Crippen LogP) is 3.74. The molecule has 26 heavy (non-hydrogen) atoms. The maximum absolute atomic E-state index is 13.0. The molecule has 0 fully saturated rings. The van der Waals surface area contributed by atoms with Crippen LogP contribution in [0, 0.1) is 5.82 Å². The molecule has 0 radical (unpaired) electrons. The van der Waals surface area contributed by atoms with Crippen LogP contribution in [0.15, 0.2) is 42.6 Å². The topological polar surface area (TPSA) is 45.2 Å². The Labute approximate surface area is 154 Å². The van der Waals surface area contributed by atoms with Crippen LogP contribution in [-0.2, 0) is 6.42 Å². The van der Waals surface area contributed by atoms with Crippen molar-refractivity contribution in [3.8, 4) is 0 Å². The Morgan fingerprint density at radius 1 is 1.27 bits per heavy atom. The fourth-order valence-electron chi connectivity index (χ4n) is 3.67. The summed E-state index contributed by atoms with van der Waals surface area (Å²) >= 11 is 0. The highest BCUT2D eigenvalue weighted by atomic mass is 19.1. The number of halogens is 1. The van der Waals surface area contributed by atoms with Gasteiger partial charge in [-0.15, -0.1) is 0 Å². The minimum absolute atomic E-state index is 0.163. The summed E-state index contributed by atoms with van der Waals surface area (Å²) in [5.41, 5.74) is 3.02. The summed E-state index contributed by atoms with van der Waals surface area (Å²) in [6.45, 7) is 4.50. The molecule has 0 bridgehead atoms. The van der Waals surface area contributed by atoms with Crippen LogP contribution in [0.2, 0.25) is 0 Å². The molecule has 0 saturated carbocycles. The third-order valence-corrected chi connectivity index (χ3v) is 4.91. The lowest BCUT2D eigenvalue weighted by Gasteiger charge is -2.35. The van der Waals surface area contributed by atoms with Crippen molar-refractivity contribution in [1.29, 1.82) is 0 Å². The summed E-state index contributed by atoms with van der Waals surface area (Å²) in [7, 11) is 0. The first kappa shape index (κ1) is 18.5. The number of benzene rings is 1. The van der Waals surface area contributed by atoms with E-state index in [1.165, 1.54) is 41.9 Å². The number of fused-ring (bicyclic) bond motifs is 1. The molecule has 0 aliphatic heterocycles. The summed E-state index contributed by atoms with van der Waals surface area (Å²) in [5.74, 6) is -0.497. The van der Waals surface area contributed by atoms with E-state index in [-0.39, 0.29) is 11.7 Å². The maximum atomic E-state index is 13.0. The van der Waals surface area contributed by atoms with Gasteiger partial charge in [0.2, 0.25) is 0 Å². The van der Waals surface area contributed by atoms with Gasteiger partial charge in [-0.25, -0.2) is 4.39 Å². The average Bonchev–Trinajstić information content (AvgIpc) is 2.67. The van der Waals surface area contributed by atoms with Crippen LogP contribution in [-0.4, -0.2) is 35.4 Å². The Morgan fingerprint density at radius 3 is 2.85 bits per heavy atom. The van der Waals surface area contributed by atoms with Gasteiger partial charge in [0.15, 0.2) is 0 Å². The van der Waals surface area contributed by atoms with Crippen molar-refractivity contribution in [2.75, 3.05) is 19.6 Å². The monoisotopic (exact) mass is 355 g/mol. The van der Waals surface area contributed by atoms with Crippen LogP contribution in [0.3, 0.4) is 0 Å². The van der Waals surface area contributed by atoms with Crippen LogP contribution in [0.5, 0.6) is 0 Å². The van der Waals surface area contributed by atoms with Crippen molar-refractivity contribution in [3.05, 3.63) is 65.2 Å². The number of carbonyl (C=O) groups is 1. The molecule has 1 atom stereocenters. The highest BCUT2D eigenvalue weighted by molar-refractivity contribution is 5.94. The van der Waals surface area contributed by atoms with Crippen LogP contribution in [0.25, 0.3) is 0 Å². The van der Waals surface area contributed by atoms with E-state index >= 15 is 0 Å². The fourth-order valence-corrected chi connectivity index (χ4v) is 3.67. The van der Waals surface area contributed by atoms with E-state index in [9.17, 15) is 9.18 Å². The predicted molar refractivity (Wildman–Crippen MR) is 101 cm³/mol. The zero-order chi connectivity index (χ0) is 18.4. The standard InChI is InChI=1S/C21H26FN3O/c1-2-14-25(19-7-3-5-16-6-4-12-23-20(16)19)15-13-24-21(26)17-8-10-18(22)11-9-17/h4,6,8-12,19H,2-3,5,7,13-15H2,1H3,(H,24,26). The highest BCUT2D eigenvalue weighted by Gasteiger charge is 2.26. The van der Waals surface area contributed by atoms with E-state index in [1.54, 1.807) is 0 Å². The third kappa shape index (κ3) is 4.47. The zero-order valence-corrected chi connectivity index (χ0v) is 15.2. The van der Waals surface area contributed by atoms with Crippen LogP contribution in [0.1, 0.15) is 53.8 Å². The fraction of sp³-hybridized carbons (Fsp3) is 0.429. The maximum Gasteiger partial charge on any atom is 0.251 e. The number of carbonyl (C=O) groups excluding carboxylic acids is 1. The van der Waals surface area contributed by atoms with Gasteiger partial charge in [-0.3, -0.25) is 14.7 Å². The number of amides is 1. The second-order valence-electron chi connectivity index (χ2n) is 6.75. The minimum Gasteiger partial charge on any atom is -0.351 e. The molecule has 1 N–H and O–H groups in total. The first-order chi connectivity index (χ1) is 12.7.